The molecule has 1 aliphatic heterocycles. The van der Waals surface area contributed by atoms with E-state index in [-0.39, 0.29) is 23.8 Å². The second kappa shape index (κ2) is 7.73. The second-order valence-electron chi connectivity index (χ2n) is 7.64. The Kier molecular flexibility index (Phi) is 4.54. The third-order valence-corrected chi connectivity index (χ3v) is 5.67. The van der Waals surface area contributed by atoms with E-state index in [1.807, 2.05) is 0 Å². The van der Waals surface area contributed by atoms with E-state index < -0.39 is 18.0 Å². The molecule has 0 spiro atoms. The summed E-state index contributed by atoms with van der Waals surface area (Å²) in [6, 6.07) is 11.7. The van der Waals surface area contributed by atoms with E-state index in [1.165, 1.54) is 33.9 Å². The summed E-state index contributed by atoms with van der Waals surface area (Å²) in [6.45, 7) is 0.108. The van der Waals surface area contributed by atoms with Crippen LogP contribution >= 0.6 is 0 Å². The summed E-state index contributed by atoms with van der Waals surface area (Å²) in [5.74, 6) is -0.273. The number of nitrogens with zero attached hydrogens (tertiary/aromatic N) is 6. The number of aromatic amines is 1. The van der Waals surface area contributed by atoms with Crippen molar-refractivity contribution in [3.05, 3.63) is 84.4 Å². The topological polar surface area (TPSA) is 101 Å². The SMILES string of the molecule is O=C1OCC(c2ccc(F)cc2)N1c1ccn2ncc(-c3ccc(-c4nc[nH]n4)c(F)c3)c2n1. The van der Waals surface area contributed by atoms with Crippen molar-refractivity contribution in [3.8, 4) is 22.5 Å². The number of benzene rings is 2. The zero-order valence-corrected chi connectivity index (χ0v) is 17.4. The van der Waals surface area contributed by atoms with Crippen LogP contribution < -0.4 is 4.90 Å². The number of H-pyrrole nitrogens is 1. The fraction of sp³-hybridized carbons (Fsp3) is 0.0870. The Balaban J connectivity index is 1.40. The molecule has 5 aromatic rings. The largest absolute Gasteiger partial charge is 0.447 e. The molecule has 6 rings (SSSR count). The Hall–Kier alpha value is -4.67. The summed E-state index contributed by atoms with van der Waals surface area (Å²) >= 11 is 0. The van der Waals surface area contributed by atoms with E-state index >= 15 is 0 Å². The lowest BCUT2D eigenvalue weighted by molar-refractivity contribution is 0.179. The molecule has 1 atom stereocenters. The number of anilines is 1. The van der Waals surface area contributed by atoms with Gasteiger partial charge in [-0.05, 0) is 41.5 Å². The number of rotatable bonds is 4. The lowest BCUT2D eigenvalue weighted by atomic mass is 10.1. The highest BCUT2D eigenvalue weighted by Gasteiger charge is 2.36. The van der Waals surface area contributed by atoms with Crippen LogP contribution in [0.1, 0.15) is 11.6 Å². The Morgan fingerprint density at radius 2 is 1.91 bits per heavy atom. The first-order valence-corrected chi connectivity index (χ1v) is 10.3. The first kappa shape index (κ1) is 20.0. The van der Waals surface area contributed by atoms with Gasteiger partial charge in [0.1, 0.15) is 36.4 Å². The van der Waals surface area contributed by atoms with Crippen LogP contribution in [0.4, 0.5) is 19.4 Å². The molecule has 34 heavy (non-hydrogen) atoms. The van der Waals surface area contributed by atoms with Gasteiger partial charge in [-0.15, -0.1) is 0 Å². The maximum absolute atomic E-state index is 14.8. The number of fused-ring (bicyclic) bond motifs is 1. The van der Waals surface area contributed by atoms with Crippen LogP contribution in [0.3, 0.4) is 0 Å². The van der Waals surface area contributed by atoms with Crippen molar-refractivity contribution < 1.29 is 18.3 Å². The van der Waals surface area contributed by atoms with Crippen LogP contribution in [0.2, 0.25) is 0 Å². The molecular formula is C23H15F2N7O2. The smallest absolute Gasteiger partial charge is 0.416 e. The molecule has 1 saturated heterocycles. The number of aromatic nitrogens is 6. The molecule has 168 valence electrons. The van der Waals surface area contributed by atoms with E-state index in [9.17, 15) is 13.6 Å². The highest BCUT2D eigenvalue weighted by molar-refractivity contribution is 5.90. The zero-order valence-electron chi connectivity index (χ0n) is 17.4. The van der Waals surface area contributed by atoms with Gasteiger partial charge in [-0.1, -0.05) is 18.2 Å². The Bertz CT molecular complexity index is 1520. The van der Waals surface area contributed by atoms with Gasteiger partial charge in [-0.25, -0.2) is 28.1 Å². The fourth-order valence-corrected chi connectivity index (χ4v) is 4.00. The number of hydrogen-bond acceptors (Lipinski definition) is 6. The molecule has 0 saturated carbocycles. The molecule has 0 radical (unpaired) electrons. The van der Waals surface area contributed by atoms with Crippen LogP contribution in [0.5, 0.6) is 0 Å². The highest BCUT2D eigenvalue weighted by Crippen LogP contribution is 2.34. The minimum atomic E-state index is -0.561. The monoisotopic (exact) mass is 459 g/mol. The van der Waals surface area contributed by atoms with Crippen molar-refractivity contribution in [2.75, 3.05) is 11.5 Å². The van der Waals surface area contributed by atoms with Gasteiger partial charge in [0, 0.05) is 11.8 Å². The number of carbonyl (C=O) groups excluding carboxylic acids is 1. The van der Waals surface area contributed by atoms with E-state index in [1.54, 1.807) is 42.7 Å². The van der Waals surface area contributed by atoms with E-state index in [0.717, 1.165) is 0 Å². The Labute approximate surface area is 190 Å². The van der Waals surface area contributed by atoms with Gasteiger partial charge in [0.15, 0.2) is 11.5 Å². The first-order chi connectivity index (χ1) is 16.6. The Morgan fingerprint density at radius 3 is 2.68 bits per heavy atom. The molecule has 0 aliphatic carbocycles. The van der Waals surface area contributed by atoms with Crippen LogP contribution in [0.15, 0.2) is 67.3 Å². The van der Waals surface area contributed by atoms with Gasteiger partial charge in [0.2, 0.25) is 0 Å². The molecule has 1 unspecified atom stereocenters. The maximum atomic E-state index is 14.8. The van der Waals surface area contributed by atoms with E-state index in [2.05, 4.69) is 25.3 Å². The number of nitrogens with one attached hydrogen (secondary N) is 1. The van der Waals surface area contributed by atoms with E-state index in [0.29, 0.717) is 28.2 Å². The number of carbonyl (C=O) groups is 1. The van der Waals surface area contributed by atoms with Crippen LogP contribution in [-0.4, -0.2) is 42.5 Å². The fourth-order valence-electron chi connectivity index (χ4n) is 4.00. The molecule has 1 fully saturated rings. The summed E-state index contributed by atoms with van der Waals surface area (Å²) in [6.07, 6.45) is 4.05. The molecule has 0 bridgehead atoms. The lowest BCUT2D eigenvalue weighted by Gasteiger charge is -2.20. The van der Waals surface area contributed by atoms with Crippen LogP contribution in [0, 0.1) is 11.6 Å². The van der Waals surface area contributed by atoms with Crippen molar-refractivity contribution in [2.45, 2.75) is 6.04 Å². The van der Waals surface area contributed by atoms with Crippen molar-refractivity contribution in [1.29, 1.82) is 0 Å². The summed E-state index contributed by atoms with van der Waals surface area (Å²) in [7, 11) is 0. The maximum Gasteiger partial charge on any atom is 0.416 e. The van der Waals surface area contributed by atoms with Gasteiger partial charge in [-0.2, -0.15) is 10.2 Å². The predicted molar refractivity (Wildman–Crippen MR) is 117 cm³/mol. The molecule has 9 nitrogen and oxygen atoms in total. The number of cyclic esters (lactones) is 1. The van der Waals surface area contributed by atoms with Gasteiger partial charge in [0.05, 0.1) is 11.8 Å². The normalized spacial score (nSPS) is 15.8. The number of amides is 1. The summed E-state index contributed by atoms with van der Waals surface area (Å²) in [5.41, 5.74) is 2.54. The van der Waals surface area contributed by atoms with Crippen LogP contribution in [0.25, 0.3) is 28.2 Å². The van der Waals surface area contributed by atoms with Gasteiger partial charge in [0.25, 0.3) is 0 Å². The molecule has 1 amide bonds. The van der Waals surface area contributed by atoms with Crippen molar-refractivity contribution >= 4 is 17.6 Å². The second-order valence-corrected chi connectivity index (χ2v) is 7.64. The lowest BCUT2D eigenvalue weighted by Crippen LogP contribution is -2.28. The number of halogens is 2. The van der Waals surface area contributed by atoms with E-state index in [4.69, 9.17) is 4.74 Å². The van der Waals surface area contributed by atoms with Crippen molar-refractivity contribution in [2.24, 2.45) is 0 Å². The number of ether oxygens (including phenoxy) is 1. The zero-order chi connectivity index (χ0) is 23.2. The third kappa shape index (κ3) is 3.25. The molecule has 1 N–H and O–H groups in total. The summed E-state index contributed by atoms with van der Waals surface area (Å²) in [4.78, 5) is 22.6. The molecule has 4 heterocycles. The minimum absolute atomic E-state index is 0.108. The van der Waals surface area contributed by atoms with Gasteiger partial charge < -0.3 is 4.74 Å². The first-order valence-electron chi connectivity index (χ1n) is 10.3. The van der Waals surface area contributed by atoms with Gasteiger partial charge >= 0.3 is 6.09 Å². The standard InChI is InChI=1S/C23H15F2N7O2/c24-15-4-1-13(2-5-15)19-11-34-23(33)32(19)20-7-8-31-22(29-20)17(10-28-31)14-3-6-16(18(25)9-14)21-26-12-27-30-21/h1-10,12,19H,11H2,(H,26,27,30). The average Bonchev–Trinajstić information content (AvgIpc) is 3.59. The summed E-state index contributed by atoms with van der Waals surface area (Å²) in [5, 5.41) is 10.8. The van der Waals surface area contributed by atoms with Gasteiger partial charge in [-0.3, -0.25) is 10.00 Å². The summed E-state index contributed by atoms with van der Waals surface area (Å²) < 4.78 is 35.0. The number of hydrogen-bond donors (Lipinski definition) is 1. The molecular weight excluding hydrogens is 444 g/mol. The quantitative estimate of drug-likeness (QED) is 0.433. The molecule has 1 aliphatic rings. The third-order valence-electron chi connectivity index (χ3n) is 5.67. The Morgan fingerprint density at radius 1 is 1.06 bits per heavy atom. The highest BCUT2D eigenvalue weighted by atomic mass is 19.1. The molecule has 11 heteroatoms. The minimum Gasteiger partial charge on any atom is -0.447 e. The average molecular weight is 459 g/mol. The predicted octanol–water partition coefficient (Wildman–Crippen LogP) is 4.16. The molecule has 2 aromatic carbocycles. The van der Waals surface area contributed by atoms with Crippen molar-refractivity contribution in [3.63, 3.8) is 0 Å². The van der Waals surface area contributed by atoms with Crippen LogP contribution in [-0.2, 0) is 4.74 Å². The molecule has 3 aromatic heterocycles. The van der Waals surface area contributed by atoms with Crippen molar-refractivity contribution in [1.82, 2.24) is 29.8 Å².